The summed E-state index contributed by atoms with van der Waals surface area (Å²) in [7, 11) is 0. The molecule has 0 spiro atoms. The predicted molar refractivity (Wildman–Crippen MR) is 140 cm³/mol. The van der Waals surface area contributed by atoms with E-state index in [2.05, 4.69) is 68.2 Å². The first-order valence-corrected chi connectivity index (χ1v) is 12.9. The number of hydrogen-bond acceptors (Lipinski definition) is 6. The van der Waals surface area contributed by atoms with Gasteiger partial charge in [0.05, 0.1) is 17.9 Å². The first kappa shape index (κ1) is 23.5. The Labute approximate surface area is 210 Å². The van der Waals surface area contributed by atoms with Gasteiger partial charge in [-0.25, -0.2) is 4.98 Å². The molecule has 178 valence electrons. The Morgan fingerprint density at radius 2 is 1.77 bits per heavy atom. The molecule has 6 heteroatoms. The molecule has 2 aromatic carbocycles. The average molecular weight is 484 g/mol. The first-order valence-electron chi connectivity index (χ1n) is 11.9. The van der Waals surface area contributed by atoms with Crippen molar-refractivity contribution in [2.24, 2.45) is 0 Å². The molecule has 0 amide bonds. The van der Waals surface area contributed by atoms with E-state index in [1.807, 2.05) is 6.92 Å². The van der Waals surface area contributed by atoms with Crippen molar-refractivity contribution in [2.75, 3.05) is 0 Å². The Bertz CT molecular complexity index is 1400. The van der Waals surface area contributed by atoms with Crippen molar-refractivity contribution < 1.29 is 9.84 Å². The Morgan fingerprint density at radius 3 is 2.51 bits per heavy atom. The second-order valence-corrected chi connectivity index (χ2v) is 9.98. The van der Waals surface area contributed by atoms with Gasteiger partial charge in [-0.15, -0.1) is 11.8 Å². The zero-order valence-corrected chi connectivity index (χ0v) is 21.4. The summed E-state index contributed by atoms with van der Waals surface area (Å²) in [6, 6.07) is 15.0. The Kier molecular flexibility index (Phi) is 6.58. The number of fused-ring (bicyclic) bond motifs is 2. The molecule has 0 saturated heterocycles. The molecular weight excluding hydrogens is 454 g/mol. The minimum absolute atomic E-state index is 0.0814. The maximum atomic E-state index is 9.91. The van der Waals surface area contributed by atoms with E-state index in [0.717, 1.165) is 45.1 Å². The molecular formula is C29H29N3O2S. The van der Waals surface area contributed by atoms with Gasteiger partial charge in [-0.1, -0.05) is 55.0 Å². The summed E-state index contributed by atoms with van der Waals surface area (Å²) in [5.41, 5.74) is 9.55. The Hall–Kier alpha value is -3.22. The number of aromatic nitrogens is 3. The molecule has 4 aromatic rings. The minimum atomic E-state index is -0.0814. The average Bonchev–Trinajstić information content (AvgIpc) is 2.88. The van der Waals surface area contributed by atoms with E-state index in [4.69, 9.17) is 14.7 Å². The fourth-order valence-corrected chi connectivity index (χ4v) is 5.42. The van der Waals surface area contributed by atoms with Gasteiger partial charge in [-0.2, -0.15) is 4.98 Å². The molecule has 3 heterocycles. The maximum absolute atomic E-state index is 9.91. The van der Waals surface area contributed by atoms with Crippen LogP contribution in [0.2, 0.25) is 0 Å². The summed E-state index contributed by atoms with van der Waals surface area (Å²) >= 11 is 1.71. The highest BCUT2D eigenvalue weighted by molar-refractivity contribution is 7.98. The fourth-order valence-electron chi connectivity index (χ4n) is 4.33. The first-order chi connectivity index (χ1) is 17.0. The molecule has 0 aliphatic carbocycles. The van der Waals surface area contributed by atoms with Gasteiger partial charge in [0.2, 0.25) is 5.88 Å². The monoisotopic (exact) mass is 483 g/mol. The van der Waals surface area contributed by atoms with Crippen molar-refractivity contribution in [2.45, 2.75) is 57.9 Å². The summed E-state index contributed by atoms with van der Waals surface area (Å²) in [4.78, 5) is 14.3. The quantitative estimate of drug-likeness (QED) is 0.219. The molecule has 0 fully saturated rings. The highest BCUT2D eigenvalue weighted by atomic mass is 32.2. The Balaban J connectivity index is 1.59. The number of aliphatic hydroxyl groups excluding tert-OH is 1. The van der Waals surface area contributed by atoms with Crippen LogP contribution in [0.1, 0.15) is 51.6 Å². The zero-order chi connectivity index (χ0) is 24.5. The molecule has 0 bridgehead atoms. The highest BCUT2D eigenvalue weighted by Gasteiger charge is 2.27. The third-order valence-corrected chi connectivity index (χ3v) is 7.61. The smallest absolute Gasteiger partial charge is 0.227 e. The zero-order valence-electron chi connectivity index (χ0n) is 20.6. The van der Waals surface area contributed by atoms with Crippen LogP contribution in [0.5, 0.6) is 11.6 Å². The van der Waals surface area contributed by atoms with E-state index in [0.29, 0.717) is 23.9 Å². The third kappa shape index (κ3) is 4.68. The molecule has 0 unspecified atom stereocenters. The number of ether oxygens (including phenoxy) is 1. The third-order valence-electron chi connectivity index (χ3n) is 6.55. The second kappa shape index (κ2) is 9.80. The van der Waals surface area contributed by atoms with Gasteiger partial charge in [0.1, 0.15) is 5.03 Å². The molecule has 1 aliphatic heterocycles. The normalized spacial score (nSPS) is 12.1. The minimum Gasteiger partial charge on any atom is -0.436 e. The van der Waals surface area contributed by atoms with Crippen LogP contribution in [0, 0.1) is 20.8 Å². The number of aliphatic hydroxyl groups is 1. The van der Waals surface area contributed by atoms with E-state index >= 15 is 0 Å². The largest absolute Gasteiger partial charge is 0.436 e. The van der Waals surface area contributed by atoms with Crippen LogP contribution in [-0.2, 0) is 25.2 Å². The SMILES string of the molecule is CCc1ccc(-c2nc3c(c(SCc4cc(C)ccc4C)n2)Cc2c(CO)cnc(C)c2O3)cc1. The van der Waals surface area contributed by atoms with Crippen molar-refractivity contribution in [3.05, 3.63) is 93.3 Å². The maximum Gasteiger partial charge on any atom is 0.227 e. The van der Waals surface area contributed by atoms with Crippen molar-refractivity contribution in [3.8, 4) is 23.0 Å². The lowest BCUT2D eigenvalue weighted by molar-refractivity contribution is 0.278. The highest BCUT2D eigenvalue weighted by Crippen LogP contribution is 2.43. The van der Waals surface area contributed by atoms with Crippen molar-refractivity contribution >= 4 is 11.8 Å². The van der Waals surface area contributed by atoms with Gasteiger partial charge in [0.15, 0.2) is 11.6 Å². The van der Waals surface area contributed by atoms with E-state index in [9.17, 15) is 5.11 Å². The molecule has 0 atom stereocenters. The fraction of sp³-hybridized carbons (Fsp3) is 0.276. The van der Waals surface area contributed by atoms with E-state index in [1.54, 1.807) is 18.0 Å². The van der Waals surface area contributed by atoms with Crippen molar-refractivity contribution in [3.63, 3.8) is 0 Å². The molecule has 0 radical (unpaired) electrons. The van der Waals surface area contributed by atoms with Crippen molar-refractivity contribution in [1.29, 1.82) is 0 Å². The lowest BCUT2D eigenvalue weighted by Crippen LogP contribution is -2.13. The predicted octanol–water partition coefficient (Wildman–Crippen LogP) is 6.51. The molecule has 5 rings (SSSR count). The van der Waals surface area contributed by atoms with Gasteiger partial charge in [0, 0.05) is 35.1 Å². The van der Waals surface area contributed by atoms with Crippen LogP contribution in [0.15, 0.2) is 53.7 Å². The van der Waals surface area contributed by atoms with Gasteiger partial charge in [0.25, 0.3) is 0 Å². The van der Waals surface area contributed by atoms with Crippen LogP contribution in [-0.4, -0.2) is 20.1 Å². The van der Waals surface area contributed by atoms with Crippen LogP contribution in [0.3, 0.4) is 0 Å². The number of pyridine rings is 1. The molecule has 1 aliphatic rings. The summed E-state index contributed by atoms with van der Waals surface area (Å²) in [6.45, 7) is 8.26. The standard InChI is InChI=1S/C29H29N3O2S/c1-5-20-8-10-21(11-9-20)27-31-28-25(13-24-23(15-33)14-30-19(4)26(24)34-28)29(32-27)35-16-22-12-17(2)6-7-18(22)3/h6-12,14,33H,5,13,15-16H2,1-4H3. The number of nitrogens with zero attached hydrogens (tertiary/aromatic N) is 3. The lowest BCUT2D eigenvalue weighted by atomic mass is 9.99. The number of benzene rings is 2. The van der Waals surface area contributed by atoms with Crippen LogP contribution >= 0.6 is 11.8 Å². The topological polar surface area (TPSA) is 68.1 Å². The summed E-state index contributed by atoms with van der Waals surface area (Å²) in [5.74, 6) is 2.73. The molecule has 2 aromatic heterocycles. The summed E-state index contributed by atoms with van der Waals surface area (Å²) in [5, 5.41) is 10.8. The summed E-state index contributed by atoms with van der Waals surface area (Å²) in [6.07, 6.45) is 3.33. The van der Waals surface area contributed by atoms with E-state index in [-0.39, 0.29) is 6.61 Å². The molecule has 0 saturated carbocycles. The van der Waals surface area contributed by atoms with Crippen LogP contribution in [0.25, 0.3) is 11.4 Å². The number of thioether (sulfide) groups is 1. The number of rotatable bonds is 6. The Morgan fingerprint density at radius 1 is 0.971 bits per heavy atom. The van der Waals surface area contributed by atoms with Gasteiger partial charge in [-0.05, 0) is 43.9 Å². The van der Waals surface area contributed by atoms with Gasteiger partial charge >= 0.3 is 0 Å². The number of aryl methyl sites for hydroxylation is 4. The molecule has 35 heavy (non-hydrogen) atoms. The number of hydrogen-bond donors (Lipinski definition) is 1. The van der Waals surface area contributed by atoms with E-state index < -0.39 is 0 Å². The van der Waals surface area contributed by atoms with Crippen LogP contribution in [0.4, 0.5) is 0 Å². The molecule has 5 nitrogen and oxygen atoms in total. The van der Waals surface area contributed by atoms with Crippen LogP contribution < -0.4 is 4.74 Å². The van der Waals surface area contributed by atoms with Crippen molar-refractivity contribution in [1.82, 2.24) is 15.0 Å². The van der Waals surface area contributed by atoms with Gasteiger partial charge in [-0.3, -0.25) is 4.98 Å². The van der Waals surface area contributed by atoms with E-state index in [1.165, 1.54) is 22.3 Å². The van der Waals surface area contributed by atoms with Gasteiger partial charge < -0.3 is 9.84 Å². The lowest BCUT2D eigenvalue weighted by Gasteiger charge is -2.24. The second-order valence-electron chi connectivity index (χ2n) is 9.02. The molecule has 1 N–H and O–H groups in total. The summed E-state index contributed by atoms with van der Waals surface area (Å²) < 4.78 is 6.36.